The zero-order valence-electron chi connectivity index (χ0n) is 77.7. The zero-order valence-corrected chi connectivity index (χ0v) is 79.3. The number of carboxylic acid groups (broad SMARTS) is 4. The normalized spacial score (nSPS) is 23.5. The second-order valence-electron chi connectivity index (χ2n) is 39.3. The van der Waals surface area contributed by atoms with E-state index in [4.69, 9.17) is 10.3 Å². The first-order valence-corrected chi connectivity index (χ1v) is 49.6. The minimum absolute atomic E-state index is 0.0101. The van der Waals surface area contributed by atoms with Crippen LogP contribution in [0.15, 0.2) is 103 Å². The third-order valence-corrected chi connectivity index (χ3v) is 33.0. The van der Waals surface area contributed by atoms with Gasteiger partial charge in [-0.15, -0.1) is 22.7 Å². The number of carbonyl (C=O) groups excluding carboxylic acids is 1. The Labute approximate surface area is 814 Å². The Kier molecular flexibility index (Phi) is 26.4. The number of nitrogens with two attached hydrogens (primary N) is 1. The van der Waals surface area contributed by atoms with E-state index in [0.29, 0.717) is 93.2 Å². The Bertz CT molecular complexity index is 7520. The quantitative estimate of drug-likeness (QED) is 0.0253. The number of fused-ring (bicyclic) bond motifs is 16. The van der Waals surface area contributed by atoms with Crippen LogP contribution >= 0.6 is 22.7 Å². The Morgan fingerprint density at radius 1 is 0.408 bits per heavy atom. The van der Waals surface area contributed by atoms with E-state index in [9.17, 15) is 62.0 Å². The lowest BCUT2D eigenvalue weighted by molar-refractivity contribution is -0.153. The van der Waals surface area contributed by atoms with Gasteiger partial charge in [0, 0.05) is 79.4 Å². The first-order valence-electron chi connectivity index (χ1n) is 47.9. The number of aliphatic carboxylic acids is 4. The summed E-state index contributed by atoms with van der Waals surface area (Å²) in [6.07, 6.45) is 26.5. The van der Waals surface area contributed by atoms with E-state index in [0.717, 1.165) is 144 Å². The molecule has 0 aromatic carbocycles. The topological polar surface area (TPSA) is 436 Å². The van der Waals surface area contributed by atoms with Crippen LogP contribution in [0.3, 0.4) is 0 Å². The standard InChI is InChI=1S/C26H23F2N5O3S.C26H25F2N5O3.C26H24F2N4O2S.C26H26F2N4O2/c27-13-7-15-16(10-31-24(15)30-9-13)25-32-17(8-14-11-1-3-12(4-2-11)20(14)26(35)36)21(28)22(33-25)18-5-6-19(37-18)23(29)34;1-11-20(12(2)36-33-11)23-22(28)19(8-16-13-3-5-14(6-4-13)21(16)26(34)35)31-25(32-23)18-10-30-24-17(18)7-15(27)9-29-24;1-12-2-7-20(35-12)23-22(28)19(9-16-13-3-5-14(6-4-13)21(16)26(33)34)31-25(32-23)18-11-30-24-17(18)8-15(27)10-29-24;1-13(2)3-8-20-23(28)21(10-17-14-4-6-15(7-5-14)22(17)26(33)34)32-25(31-20)19-12-30-24-18(19)9-16(27)11-29-24/h5-7,9-12,14,20H,1-4,8H2,(H2,29,34)(H,30,31)(H,35,36);7,9-10,13-14,16,21H,3-6,8H2,1-2H3,(H,29,30)(H,34,35);2,7-8,10-11,13-14,16,21H,3-6,9H2,1H3,(H,29,30)(H,33,34);9,11-15,17,22H,4-7,10H2,1-2H3,(H,29,30)(H,33,34)/t11?,12?,14-,20-;2*13?,14?,16-,21-;14?,15?,17-,22-/m0000/s1. The molecular formula is C104H98F8N18O10S2. The highest BCUT2D eigenvalue weighted by Crippen LogP contribution is 2.56. The number of hydrogen-bond donors (Lipinski definition) is 9. The van der Waals surface area contributed by atoms with E-state index >= 15 is 17.6 Å². The number of carboxylic acids is 4. The number of aryl methyl sites for hydroxylation is 3. The van der Waals surface area contributed by atoms with E-state index in [1.54, 1.807) is 44.7 Å². The van der Waals surface area contributed by atoms with Gasteiger partial charge in [0.2, 0.25) is 0 Å². The number of rotatable bonds is 20. The molecule has 38 heteroatoms. The van der Waals surface area contributed by atoms with E-state index in [1.807, 2.05) is 32.9 Å². The molecule has 142 heavy (non-hydrogen) atoms. The van der Waals surface area contributed by atoms with Crippen molar-refractivity contribution in [1.82, 2.24) is 84.9 Å². The van der Waals surface area contributed by atoms with Crippen LogP contribution in [-0.2, 0) is 44.9 Å². The van der Waals surface area contributed by atoms with Gasteiger partial charge in [-0.1, -0.05) is 24.9 Å². The molecule has 10 N–H and O–H groups in total. The molecule has 27 rings (SSSR count). The lowest BCUT2D eigenvalue weighted by atomic mass is 9.57. The van der Waals surface area contributed by atoms with Gasteiger partial charge >= 0.3 is 23.9 Å². The number of pyridine rings is 4. The van der Waals surface area contributed by atoms with Crippen LogP contribution in [0.4, 0.5) is 35.1 Å². The zero-order chi connectivity index (χ0) is 99.2. The highest BCUT2D eigenvalue weighted by molar-refractivity contribution is 7.17. The average Bonchev–Trinajstić information content (AvgIpc) is 1.25. The molecule has 732 valence electrons. The second-order valence-corrected chi connectivity index (χ2v) is 41.7. The van der Waals surface area contributed by atoms with Crippen molar-refractivity contribution in [1.29, 1.82) is 0 Å². The largest absolute Gasteiger partial charge is 0.481 e. The van der Waals surface area contributed by atoms with Crippen molar-refractivity contribution in [2.75, 3.05) is 0 Å². The van der Waals surface area contributed by atoms with Gasteiger partial charge in [-0.05, 0) is 275 Å². The summed E-state index contributed by atoms with van der Waals surface area (Å²) < 4.78 is 125. The number of thiophene rings is 2. The van der Waals surface area contributed by atoms with Crippen molar-refractivity contribution in [3.05, 3.63) is 194 Å². The van der Waals surface area contributed by atoms with Crippen LogP contribution < -0.4 is 5.73 Å². The van der Waals surface area contributed by atoms with E-state index in [2.05, 4.69) is 96.7 Å². The smallest absolute Gasteiger partial charge is 0.307 e. The van der Waals surface area contributed by atoms with Gasteiger partial charge in [0.1, 0.15) is 68.7 Å². The minimum atomic E-state index is -0.850. The van der Waals surface area contributed by atoms with Gasteiger partial charge in [0.05, 0.1) is 97.1 Å². The highest BCUT2D eigenvalue weighted by atomic mass is 32.1. The summed E-state index contributed by atoms with van der Waals surface area (Å²) >= 11 is 2.45. The average molecular weight is 1980 g/mol. The van der Waals surface area contributed by atoms with Gasteiger partial charge in [-0.3, -0.25) is 24.0 Å². The molecule has 8 bridgehead atoms. The summed E-state index contributed by atoms with van der Waals surface area (Å²) in [6.45, 7) is 9.13. The van der Waals surface area contributed by atoms with Crippen molar-refractivity contribution in [3.63, 3.8) is 0 Å². The number of hydrogen-bond acceptors (Lipinski definition) is 21. The lowest BCUT2D eigenvalue weighted by Gasteiger charge is -2.46. The molecule has 0 unspecified atom stereocenters. The molecule has 1 amide bonds. The van der Waals surface area contributed by atoms with E-state index < -0.39 is 100.0 Å². The molecule has 15 heterocycles. The molecule has 0 radical (unpaired) electrons. The Morgan fingerprint density at radius 3 is 1.01 bits per heavy atom. The fourth-order valence-electron chi connectivity index (χ4n) is 24.3. The molecule has 15 aromatic rings. The minimum Gasteiger partial charge on any atom is -0.481 e. The van der Waals surface area contributed by atoms with Crippen molar-refractivity contribution < 1.29 is 84.0 Å². The molecule has 12 aliphatic rings. The summed E-state index contributed by atoms with van der Waals surface area (Å²) in [6, 6.07) is 12.1. The lowest BCUT2D eigenvalue weighted by Crippen LogP contribution is -2.45. The SMILES string of the molecule is CC(C)C#Cc1nc(-c2c[nH]c3ncc(F)cc23)nc(C[C@H]2C3CCC(CC3)[C@@H]2C(=O)O)c1F.Cc1ccc(-c2nc(-c3c[nH]c4ncc(F)cc34)nc(C[C@H]3C4CCC(CC4)[C@@H]3C(=O)O)c2F)s1.Cc1noc(C)c1-c1nc(-c2c[nH]c3ncc(F)cc23)nc(C[C@H]2C3CCC(CC3)[C@@H]2C(=O)O)c1F.NC(=O)c1ccc(-c2nc(-c3c[nH]c4ncc(F)cc34)nc(C[C@H]3C4CCC(CC4)[C@@H]3C(=O)O)c2F)s1. The summed E-state index contributed by atoms with van der Waals surface area (Å²) in [5, 5.41) is 45.8. The van der Waals surface area contributed by atoms with Gasteiger partial charge in [-0.25, -0.2) is 94.9 Å². The van der Waals surface area contributed by atoms with Crippen LogP contribution in [0.5, 0.6) is 0 Å². The molecule has 12 fully saturated rings. The van der Waals surface area contributed by atoms with Crippen molar-refractivity contribution in [3.8, 4) is 89.8 Å². The molecule has 8 atom stereocenters. The first kappa shape index (κ1) is 95.6. The van der Waals surface area contributed by atoms with Crippen molar-refractivity contribution in [2.24, 2.45) is 106 Å². The van der Waals surface area contributed by atoms with Crippen LogP contribution in [0.1, 0.15) is 171 Å². The molecule has 12 saturated carbocycles. The highest BCUT2D eigenvalue weighted by Gasteiger charge is 2.52. The van der Waals surface area contributed by atoms with E-state index in [-0.39, 0.29) is 176 Å². The molecular weight excluding hydrogens is 1880 g/mol. The third-order valence-electron chi connectivity index (χ3n) is 30.9. The number of aromatic nitrogens is 17. The maximum absolute atomic E-state index is 16.1. The van der Waals surface area contributed by atoms with Crippen LogP contribution in [0.25, 0.3) is 122 Å². The van der Waals surface area contributed by atoms with Gasteiger partial charge in [0.15, 0.2) is 52.3 Å². The number of nitrogens with zero attached hydrogens (tertiary/aromatic N) is 13. The van der Waals surface area contributed by atoms with Gasteiger partial charge < -0.3 is 50.6 Å². The second kappa shape index (κ2) is 39.2. The molecule has 0 aliphatic heterocycles. The Morgan fingerprint density at radius 2 is 0.711 bits per heavy atom. The number of primary amides is 1. The molecule has 28 nitrogen and oxygen atoms in total. The van der Waals surface area contributed by atoms with Crippen LogP contribution in [0.2, 0.25) is 0 Å². The summed E-state index contributed by atoms with van der Waals surface area (Å²) in [7, 11) is 0. The summed E-state index contributed by atoms with van der Waals surface area (Å²) in [5.74, 6) is -2.85. The molecule has 0 saturated heterocycles. The monoisotopic (exact) mass is 1970 g/mol. The Balaban J connectivity index is 0.000000116. The number of aromatic amines is 4. The van der Waals surface area contributed by atoms with Crippen LogP contribution in [0, 0.1) is 180 Å². The van der Waals surface area contributed by atoms with Crippen molar-refractivity contribution in [2.45, 2.75) is 163 Å². The third kappa shape index (κ3) is 18.5. The predicted molar refractivity (Wildman–Crippen MR) is 510 cm³/mol. The fraction of sp³-hybridized carbons (Fsp3) is 0.404. The van der Waals surface area contributed by atoms with Gasteiger partial charge in [-0.2, -0.15) is 0 Å². The molecule has 12 aliphatic carbocycles. The number of halogens is 8. The first-order chi connectivity index (χ1) is 68.3. The number of carbonyl (C=O) groups is 5. The maximum atomic E-state index is 16.1. The van der Waals surface area contributed by atoms with Crippen molar-refractivity contribution >= 4 is 96.6 Å². The summed E-state index contributed by atoms with van der Waals surface area (Å²) in [4.78, 5) is 127. The fourth-order valence-corrected chi connectivity index (χ4v) is 26.0. The number of nitrogens with one attached hydrogen (secondary N) is 4. The predicted octanol–water partition coefficient (Wildman–Crippen LogP) is 21.1. The Hall–Kier alpha value is -14.0. The number of H-pyrrole nitrogens is 4. The van der Waals surface area contributed by atoms with Crippen LogP contribution in [-0.4, -0.2) is 135 Å². The number of amides is 1. The maximum Gasteiger partial charge on any atom is 0.307 e. The van der Waals surface area contributed by atoms with E-state index in [1.165, 1.54) is 41.7 Å². The summed E-state index contributed by atoms with van der Waals surface area (Å²) in [5.41, 5.74) is 10.9. The van der Waals surface area contributed by atoms with Gasteiger partial charge in [0.25, 0.3) is 5.91 Å². The molecule has 0 spiro atoms. The molecule has 15 aromatic heterocycles.